The number of anilines is 2. The number of aliphatic imine (C=N–C) groups is 2. The highest BCUT2D eigenvalue weighted by molar-refractivity contribution is 6.23. The topological polar surface area (TPSA) is 41.1 Å². The highest BCUT2D eigenvalue weighted by Gasteiger charge is 2.39. The van der Waals surface area contributed by atoms with E-state index in [1.54, 1.807) is 0 Å². The highest BCUT2D eigenvalue weighted by Crippen LogP contribution is 2.55. The molecule has 3 aliphatic rings. The van der Waals surface area contributed by atoms with E-state index in [0.717, 1.165) is 68.6 Å². The second-order valence-electron chi connectivity index (χ2n) is 16.1. The minimum absolute atomic E-state index is 0.0649. The number of rotatable bonds is 4. The van der Waals surface area contributed by atoms with Gasteiger partial charge in [0.2, 0.25) is 0 Å². The molecule has 4 nitrogen and oxygen atoms in total. The fourth-order valence-corrected chi connectivity index (χ4v) is 9.74. The van der Waals surface area contributed by atoms with E-state index >= 15 is 0 Å². The molecule has 4 heteroatoms. The molecule has 9 aromatic rings. The van der Waals surface area contributed by atoms with Crippen LogP contribution in [0.1, 0.15) is 52.6 Å². The quantitative estimate of drug-likeness (QED) is 0.179. The Morgan fingerprint density at radius 2 is 1.36 bits per heavy atom. The van der Waals surface area contributed by atoms with Gasteiger partial charge < -0.3 is 9.32 Å². The van der Waals surface area contributed by atoms with Gasteiger partial charge >= 0.3 is 0 Å². The lowest BCUT2D eigenvalue weighted by atomic mass is 9.83. The Hall–Kier alpha value is -7.30. The number of benzene rings is 8. The van der Waals surface area contributed by atoms with Gasteiger partial charge in [-0.15, -0.1) is 0 Å². The molecular formula is C55H39N3O. The minimum atomic E-state index is 0.0649. The van der Waals surface area contributed by atoms with Crippen molar-refractivity contribution in [3.8, 4) is 0 Å². The number of amidine groups is 1. The van der Waals surface area contributed by atoms with Crippen LogP contribution in [-0.4, -0.2) is 11.5 Å². The molecule has 3 heterocycles. The van der Waals surface area contributed by atoms with Crippen molar-refractivity contribution < 1.29 is 4.42 Å². The average Bonchev–Trinajstić information content (AvgIpc) is 3.82. The van der Waals surface area contributed by atoms with E-state index in [-0.39, 0.29) is 11.8 Å². The first-order chi connectivity index (χ1) is 29.1. The molecule has 2 unspecified atom stereocenters. The fraction of sp³-hybridized carbons (Fsp3) is 0.0909. The Morgan fingerprint density at radius 1 is 0.610 bits per heavy atom. The Kier molecular flexibility index (Phi) is 7.67. The van der Waals surface area contributed by atoms with Gasteiger partial charge in [-0.1, -0.05) is 153 Å². The predicted octanol–water partition coefficient (Wildman–Crippen LogP) is 14.0. The molecule has 2 atom stereocenters. The third-order valence-corrected chi connectivity index (χ3v) is 12.6. The van der Waals surface area contributed by atoms with Crippen LogP contribution in [0, 0.1) is 5.92 Å². The van der Waals surface area contributed by atoms with Crippen LogP contribution in [0.15, 0.2) is 196 Å². The van der Waals surface area contributed by atoms with Gasteiger partial charge in [0, 0.05) is 51.1 Å². The lowest BCUT2D eigenvalue weighted by Crippen LogP contribution is -2.20. The molecular weight excluding hydrogens is 719 g/mol. The Bertz CT molecular complexity index is 3310. The van der Waals surface area contributed by atoms with Crippen LogP contribution < -0.4 is 4.90 Å². The molecule has 2 aliphatic heterocycles. The van der Waals surface area contributed by atoms with Crippen molar-refractivity contribution in [3.05, 3.63) is 215 Å². The van der Waals surface area contributed by atoms with Crippen LogP contribution in [0.4, 0.5) is 11.4 Å². The third-order valence-electron chi connectivity index (χ3n) is 12.6. The normalized spacial score (nSPS) is 18.4. The number of hydrogen-bond donors (Lipinski definition) is 0. The average molecular weight is 758 g/mol. The smallest absolute Gasteiger partial charge is 0.160 e. The summed E-state index contributed by atoms with van der Waals surface area (Å²) in [5, 5.41) is 7.16. The second-order valence-corrected chi connectivity index (χ2v) is 16.1. The first kappa shape index (κ1) is 33.8. The monoisotopic (exact) mass is 757 g/mol. The summed E-state index contributed by atoms with van der Waals surface area (Å²) < 4.78 is 6.80. The van der Waals surface area contributed by atoms with Crippen molar-refractivity contribution in [1.82, 2.24) is 0 Å². The zero-order chi connectivity index (χ0) is 39.0. The largest absolute Gasteiger partial charge is 0.456 e. The van der Waals surface area contributed by atoms with E-state index in [0.29, 0.717) is 5.84 Å². The molecule has 0 spiro atoms. The number of para-hydroxylation sites is 1. The SMILES string of the molecule is CC1C/C=C(\c2ccc3ccccc3c2)N=C(c2ccccc2)N=C1c1cc(N2C3=Cc4ccccc4CC3c3c2ccc2ccccc32)cc2oc3ccccc3c12. The molecule has 0 radical (unpaired) electrons. The summed E-state index contributed by atoms with van der Waals surface area (Å²) in [4.78, 5) is 13.5. The van der Waals surface area contributed by atoms with Crippen LogP contribution in [0.25, 0.3) is 55.3 Å². The highest BCUT2D eigenvalue weighted by atomic mass is 16.3. The summed E-state index contributed by atoms with van der Waals surface area (Å²) in [6.07, 6.45) is 6.44. The molecule has 8 aromatic carbocycles. The molecule has 59 heavy (non-hydrogen) atoms. The van der Waals surface area contributed by atoms with Gasteiger partial charge in [0.15, 0.2) is 5.84 Å². The van der Waals surface area contributed by atoms with Crippen molar-refractivity contribution in [3.63, 3.8) is 0 Å². The van der Waals surface area contributed by atoms with Gasteiger partial charge in [0.25, 0.3) is 0 Å². The zero-order valence-electron chi connectivity index (χ0n) is 32.6. The minimum Gasteiger partial charge on any atom is -0.456 e. The van der Waals surface area contributed by atoms with Crippen molar-refractivity contribution in [1.29, 1.82) is 0 Å². The molecule has 280 valence electrons. The molecule has 1 aromatic heterocycles. The number of nitrogens with zero attached hydrogens (tertiary/aromatic N) is 3. The first-order valence-electron chi connectivity index (χ1n) is 20.6. The lowest BCUT2D eigenvalue weighted by molar-refractivity contribution is 0.669. The predicted molar refractivity (Wildman–Crippen MR) is 246 cm³/mol. The third kappa shape index (κ3) is 5.51. The standard InChI is InChI=1S/C55H39N3O/c1-34-23-27-47(41-25-24-35-13-5-6-17-38(35)29-41)56-55(37-15-3-2-4-16-37)57-54(34)46-32-42(33-51-53(46)44-21-11-12-22-50(44)59-51)58-48-28-26-36-14-9-10-20-43(36)52(48)45-30-39-18-7-8-19-40(39)31-49(45)58/h2-22,24-29,31-34,45H,23,30H2,1H3/b47-27+,56-55?,57-54?. The molecule has 0 N–H and O–H groups in total. The van der Waals surface area contributed by atoms with Crippen LogP contribution in [0.2, 0.25) is 0 Å². The molecule has 12 rings (SSSR count). The Morgan fingerprint density at radius 3 is 2.25 bits per heavy atom. The van der Waals surface area contributed by atoms with Crippen LogP contribution in [0.5, 0.6) is 0 Å². The Labute approximate surface area is 342 Å². The fourth-order valence-electron chi connectivity index (χ4n) is 9.74. The van der Waals surface area contributed by atoms with Crippen molar-refractivity contribution in [2.24, 2.45) is 15.9 Å². The van der Waals surface area contributed by atoms with Gasteiger partial charge in [0.05, 0.1) is 22.8 Å². The van der Waals surface area contributed by atoms with E-state index in [2.05, 4.69) is 188 Å². The van der Waals surface area contributed by atoms with Crippen LogP contribution >= 0.6 is 0 Å². The van der Waals surface area contributed by atoms with Crippen LogP contribution in [-0.2, 0) is 6.42 Å². The van der Waals surface area contributed by atoms with Gasteiger partial charge in [-0.25, -0.2) is 9.98 Å². The van der Waals surface area contributed by atoms with E-state index in [1.165, 1.54) is 49.6 Å². The second kappa shape index (κ2) is 13.4. The van der Waals surface area contributed by atoms with E-state index < -0.39 is 0 Å². The maximum absolute atomic E-state index is 6.80. The number of allylic oxidation sites excluding steroid dienone is 2. The zero-order valence-corrected chi connectivity index (χ0v) is 32.6. The molecule has 0 saturated carbocycles. The molecule has 0 saturated heterocycles. The number of furan rings is 1. The van der Waals surface area contributed by atoms with E-state index in [1.807, 2.05) is 6.07 Å². The molecule has 0 fully saturated rings. The summed E-state index contributed by atoms with van der Waals surface area (Å²) in [5.41, 5.74) is 14.4. The van der Waals surface area contributed by atoms with E-state index in [9.17, 15) is 0 Å². The van der Waals surface area contributed by atoms with Crippen molar-refractivity contribution in [2.75, 3.05) is 4.90 Å². The van der Waals surface area contributed by atoms with Gasteiger partial charge in [-0.2, -0.15) is 0 Å². The Balaban J connectivity index is 1.10. The van der Waals surface area contributed by atoms with E-state index in [4.69, 9.17) is 14.4 Å². The summed E-state index contributed by atoms with van der Waals surface area (Å²) in [7, 11) is 0. The lowest BCUT2D eigenvalue weighted by Gasteiger charge is -2.28. The number of fused-ring (bicyclic) bond motifs is 10. The summed E-state index contributed by atoms with van der Waals surface area (Å²) in [5.74, 6) is 0.978. The van der Waals surface area contributed by atoms with Gasteiger partial charge in [-0.3, -0.25) is 0 Å². The molecule has 0 bridgehead atoms. The van der Waals surface area contributed by atoms with Crippen LogP contribution in [0.3, 0.4) is 0 Å². The number of hydrogen-bond acceptors (Lipinski definition) is 4. The molecule has 1 aliphatic carbocycles. The van der Waals surface area contributed by atoms with Gasteiger partial charge in [-0.05, 0) is 81.4 Å². The van der Waals surface area contributed by atoms with Crippen molar-refractivity contribution >= 4 is 78.2 Å². The van der Waals surface area contributed by atoms with Crippen molar-refractivity contribution in [2.45, 2.75) is 25.7 Å². The molecule has 0 amide bonds. The summed E-state index contributed by atoms with van der Waals surface area (Å²) >= 11 is 0. The summed E-state index contributed by atoms with van der Waals surface area (Å²) in [6.45, 7) is 2.30. The van der Waals surface area contributed by atoms with Gasteiger partial charge in [0.1, 0.15) is 11.2 Å². The first-order valence-corrected chi connectivity index (χ1v) is 20.6. The maximum atomic E-state index is 6.80. The summed E-state index contributed by atoms with van der Waals surface area (Å²) in [6, 6.07) is 60.9. The maximum Gasteiger partial charge on any atom is 0.160 e.